The summed E-state index contributed by atoms with van der Waals surface area (Å²) in [6.07, 6.45) is -1.78. The average Bonchev–Trinajstić information content (AvgIpc) is 1.85. The lowest BCUT2D eigenvalue weighted by Gasteiger charge is -2.01. The Labute approximate surface area is 47.9 Å². The third-order valence-electron chi connectivity index (χ3n) is 1.40. The first-order chi connectivity index (χ1) is 3.70. The minimum absolute atomic E-state index is 0.376. The largest absolute Gasteiger partial charge is 0.389 e. The maximum Gasteiger partial charge on any atom is 0.140 e. The number of β-amino-alcohol motifs (C(OH)–C–C–N with tert-alkyl or cyclic N) is 1. The van der Waals surface area contributed by atoms with Gasteiger partial charge in [-0.05, 0) is 7.05 Å². The van der Waals surface area contributed by atoms with E-state index in [1.165, 1.54) is 0 Å². The van der Waals surface area contributed by atoms with Gasteiger partial charge in [-0.3, -0.25) is 0 Å². The van der Waals surface area contributed by atoms with Crippen LogP contribution in [0.4, 0.5) is 4.39 Å². The molecule has 0 radical (unpaired) electrons. The summed E-state index contributed by atoms with van der Waals surface area (Å²) in [6.45, 7) is 0.850. The molecule has 1 saturated heterocycles. The first-order valence-electron chi connectivity index (χ1n) is 2.71. The van der Waals surface area contributed by atoms with Gasteiger partial charge in [-0.1, -0.05) is 0 Å². The molecule has 8 heavy (non-hydrogen) atoms. The smallest absolute Gasteiger partial charge is 0.140 e. The molecule has 0 unspecified atom stereocenters. The summed E-state index contributed by atoms with van der Waals surface area (Å²) >= 11 is 0. The number of halogens is 1. The molecule has 2 nitrogen and oxygen atoms in total. The summed E-state index contributed by atoms with van der Waals surface area (Å²) in [5.41, 5.74) is 0. The lowest BCUT2D eigenvalue weighted by atomic mass is 10.3. The van der Waals surface area contributed by atoms with Gasteiger partial charge in [0.15, 0.2) is 0 Å². The van der Waals surface area contributed by atoms with Gasteiger partial charge >= 0.3 is 0 Å². The van der Waals surface area contributed by atoms with Gasteiger partial charge in [-0.2, -0.15) is 0 Å². The molecule has 1 rings (SSSR count). The Balaban J connectivity index is 2.39. The van der Waals surface area contributed by atoms with Gasteiger partial charge in [0.1, 0.15) is 6.17 Å². The number of hydrogen-bond acceptors (Lipinski definition) is 2. The molecule has 3 heteroatoms. The molecule has 0 spiro atoms. The van der Waals surface area contributed by atoms with Gasteiger partial charge < -0.3 is 10.0 Å². The summed E-state index contributed by atoms with van der Waals surface area (Å²) < 4.78 is 12.3. The van der Waals surface area contributed by atoms with E-state index in [2.05, 4.69) is 0 Å². The van der Waals surface area contributed by atoms with Crippen LogP contribution in [0.15, 0.2) is 0 Å². The topological polar surface area (TPSA) is 23.5 Å². The average molecular weight is 119 g/mol. The SMILES string of the molecule is CN1C[C@@H](O)[C@H](F)C1. The summed E-state index contributed by atoms with van der Waals surface area (Å²) in [5.74, 6) is 0. The fourth-order valence-electron chi connectivity index (χ4n) is 0.928. The monoisotopic (exact) mass is 119 g/mol. The maximum absolute atomic E-state index is 12.3. The van der Waals surface area contributed by atoms with Crippen LogP contribution in [0, 0.1) is 0 Å². The molecule has 0 aromatic carbocycles. The number of alkyl halides is 1. The molecule has 48 valence electrons. The van der Waals surface area contributed by atoms with E-state index in [4.69, 9.17) is 5.11 Å². The lowest BCUT2D eigenvalue weighted by molar-refractivity contribution is 0.116. The van der Waals surface area contributed by atoms with Crippen molar-refractivity contribution in [2.75, 3.05) is 20.1 Å². The van der Waals surface area contributed by atoms with Crippen LogP contribution in [-0.2, 0) is 0 Å². The van der Waals surface area contributed by atoms with E-state index in [0.717, 1.165) is 0 Å². The highest BCUT2D eigenvalue weighted by atomic mass is 19.1. The molecule has 0 bridgehead atoms. The molecule has 0 aliphatic carbocycles. The number of likely N-dealkylation sites (tertiary alicyclic amines) is 1. The van der Waals surface area contributed by atoms with Gasteiger partial charge in [-0.15, -0.1) is 0 Å². The normalized spacial score (nSPS) is 40.9. The van der Waals surface area contributed by atoms with Crippen molar-refractivity contribution in [3.05, 3.63) is 0 Å². The summed E-state index contributed by atoms with van der Waals surface area (Å²) in [5, 5.41) is 8.75. The highest BCUT2D eigenvalue weighted by molar-refractivity contribution is 4.80. The van der Waals surface area contributed by atoms with E-state index >= 15 is 0 Å². The molecule has 2 atom stereocenters. The standard InChI is InChI=1S/C5H10FNO/c1-7-2-4(6)5(8)3-7/h4-5,8H,2-3H2,1H3/t4-,5-/m1/s1. The van der Waals surface area contributed by atoms with Crippen LogP contribution in [0.2, 0.25) is 0 Å². The predicted octanol–water partition coefficient (Wildman–Crippen LogP) is -0.369. The zero-order valence-corrected chi connectivity index (χ0v) is 4.84. The Morgan fingerprint density at radius 3 is 2.38 bits per heavy atom. The Hall–Kier alpha value is -0.150. The fraction of sp³-hybridized carbons (Fsp3) is 1.00. The second-order valence-corrected chi connectivity index (χ2v) is 2.30. The molecular weight excluding hydrogens is 109 g/mol. The minimum atomic E-state index is -1.03. The molecule has 0 aromatic rings. The van der Waals surface area contributed by atoms with Crippen molar-refractivity contribution in [3.8, 4) is 0 Å². The van der Waals surface area contributed by atoms with Crippen molar-refractivity contribution in [3.63, 3.8) is 0 Å². The number of hydrogen-bond donors (Lipinski definition) is 1. The molecule has 0 saturated carbocycles. The Bertz CT molecular complexity index is 78.5. The molecular formula is C5H10FNO. The Kier molecular flexibility index (Phi) is 1.49. The summed E-state index contributed by atoms with van der Waals surface area (Å²) in [6, 6.07) is 0. The van der Waals surface area contributed by atoms with Crippen LogP contribution in [0.5, 0.6) is 0 Å². The van der Waals surface area contributed by atoms with Gasteiger partial charge in [0.25, 0.3) is 0 Å². The Morgan fingerprint density at radius 2 is 2.25 bits per heavy atom. The molecule has 1 fully saturated rings. The van der Waals surface area contributed by atoms with E-state index in [-0.39, 0.29) is 0 Å². The van der Waals surface area contributed by atoms with E-state index in [1.807, 2.05) is 0 Å². The van der Waals surface area contributed by atoms with E-state index < -0.39 is 12.3 Å². The van der Waals surface area contributed by atoms with Crippen LogP contribution < -0.4 is 0 Å². The first-order valence-corrected chi connectivity index (χ1v) is 2.71. The van der Waals surface area contributed by atoms with Gasteiger partial charge in [-0.25, -0.2) is 4.39 Å². The van der Waals surface area contributed by atoms with Crippen LogP contribution in [0.25, 0.3) is 0 Å². The number of nitrogens with zero attached hydrogens (tertiary/aromatic N) is 1. The van der Waals surface area contributed by atoms with Crippen molar-refractivity contribution < 1.29 is 9.50 Å². The van der Waals surface area contributed by atoms with Gasteiger partial charge in [0, 0.05) is 13.1 Å². The second-order valence-electron chi connectivity index (χ2n) is 2.30. The van der Waals surface area contributed by atoms with Crippen LogP contribution in [0.3, 0.4) is 0 Å². The lowest BCUT2D eigenvalue weighted by Crippen LogP contribution is -2.18. The molecule has 1 N–H and O–H groups in total. The Morgan fingerprint density at radius 1 is 1.62 bits per heavy atom. The summed E-state index contributed by atoms with van der Waals surface area (Å²) in [7, 11) is 1.79. The predicted molar refractivity (Wildman–Crippen MR) is 28.4 cm³/mol. The van der Waals surface area contributed by atoms with E-state index in [0.29, 0.717) is 13.1 Å². The van der Waals surface area contributed by atoms with Gasteiger partial charge in [0.05, 0.1) is 6.10 Å². The van der Waals surface area contributed by atoms with Crippen molar-refractivity contribution >= 4 is 0 Å². The van der Waals surface area contributed by atoms with Crippen molar-refractivity contribution in [2.45, 2.75) is 12.3 Å². The maximum atomic E-state index is 12.3. The molecule has 0 amide bonds. The third kappa shape index (κ3) is 0.980. The van der Waals surface area contributed by atoms with Gasteiger partial charge in [0.2, 0.25) is 0 Å². The van der Waals surface area contributed by atoms with Crippen molar-refractivity contribution in [1.82, 2.24) is 4.90 Å². The molecule has 0 aromatic heterocycles. The highest BCUT2D eigenvalue weighted by Crippen LogP contribution is 2.09. The van der Waals surface area contributed by atoms with Crippen molar-refractivity contribution in [2.24, 2.45) is 0 Å². The van der Waals surface area contributed by atoms with Crippen LogP contribution in [0.1, 0.15) is 0 Å². The summed E-state index contributed by atoms with van der Waals surface area (Å²) in [4.78, 5) is 1.77. The zero-order chi connectivity index (χ0) is 6.15. The van der Waals surface area contributed by atoms with E-state index in [9.17, 15) is 4.39 Å². The quantitative estimate of drug-likeness (QED) is 0.470. The fourth-order valence-corrected chi connectivity index (χ4v) is 0.928. The number of aliphatic hydroxyl groups excluding tert-OH is 1. The first kappa shape index (κ1) is 5.98. The number of rotatable bonds is 0. The second kappa shape index (κ2) is 1.99. The zero-order valence-electron chi connectivity index (χ0n) is 4.84. The molecule has 1 aliphatic rings. The molecule has 1 aliphatic heterocycles. The molecule has 1 heterocycles. The third-order valence-corrected chi connectivity index (χ3v) is 1.40. The number of aliphatic hydroxyl groups is 1. The minimum Gasteiger partial charge on any atom is -0.389 e. The number of likely N-dealkylation sites (N-methyl/N-ethyl adjacent to an activating group) is 1. The van der Waals surface area contributed by atoms with Crippen LogP contribution in [-0.4, -0.2) is 42.4 Å². The van der Waals surface area contributed by atoms with Crippen LogP contribution >= 0.6 is 0 Å². The van der Waals surface area contributed by atoms with Crippen molar-refractivity contribution in [1.29, 1.82) is 0 Å². The highest BCUT2D eigenvalue weighted by Gasteiger charge is 2.28. The van der Waals surface area contributed by atoms with E-state index in [1.54, 1.807) is 11.9 Å².